The molecule has 0 aromatic carbocycles. The number of aromatic nitrogens is 1. The van der Waals surface area contributed by atoms with Crippen LogP contribution < -0.4 is 5.32 Å². The maximum atomic E-state index is 4.58. The summed E-state index contributed by atoms with van der Waals surface area (Å²) in [4.78, 5) is 5.92. The van der Waals surface area contributed by atoms with Crippen LogP contribution in [-0.4, -0.2) is 11.5 Å². The molecule has 2 heterocycles. The lowest BCUT2D eigenvalue weighted by Crippen LogP contribution is -2.24. The van der Waals surface area contributed by atoms with Crippen molar-refractivity contribution in [2.24, 2.45) is 0 Å². The van der Waals surface area contributed by atoms with Gasteiger partial charge < -0.3 is 5.32 Å². The van der Waals surface area contributed by atoms with Crippen molar-refractivity contribution < 1.29 is 0 Å². The molecule has 2 nitrogen and oxygen atoms in total. The van der Waals surface area contributed by atoms with Crippen LogP contribution in [0.1, 0.15) is 35.5 Å². The normalized spacial score (nSPS) is 12.6. The lowest BCUT2D eigenvalue weighted by atomic mass is 10.1. The summed E-state index contributed by atoms with van der Waals surface area (Å²) in [7, 11) is 0. The number of hydrogen-bond donors (Lipinski definition) is 1. The number of pyridine rings is 1. The van der Waals surface area contributed by atoms with Gasteiger partial charge in [-0.3, -0.25) is 4.98 Å². The Kier molecular flexibility index (Phi) is 5.57. The minimum atomic E-state index is 0.155. The van der Waals surface area contributed by atoms with Crippen LogP contribution >= 0.6 is 43.2 Å². The van der Waals surface area contributed by atoms with Gasteiger partial charge in [0.25, 0.3) is 0 Å². The molecule has 0 fully saturated rings. The Balaban J connectivity index is 2.40. The third-order valence-electron chi connectivity index (χ3n) is 2.87. The molecule has 0 bridgehead atoms. The summed E-state index contributed by atoms with van der Waals surface area (Å²) < 4.78 is 2.02. The van der Waals surface area contributed by atoms with E-state index in [1.807, 2.05) is 12.3 Å². The molecule has 0 radical (unpaired) electrons. The van der Waals surface area contributed by atoms with E-state index in [1.165, 1.54) is 10.4 Å². The summed E-state index contributed by atoms with van der Waals surface area (Å²) in [6.07, 6.45) is 2.96. The Labute approximate surface area is 134 Å². The number of thiophene rings is 1. The van der Waals surface area contributed by atoms with Gasteiger partial charge in [-0.05, 0) is 74.8 Å². The third kappa shape index (κ3) is 3.66. The fourth-order valence-electron chi connectivity index (χ4n) is 1.92. The molecular formula is C14H16Br2N2S. The second-order valence-corrected chi connectivity index (χ2v) is 7.09. The molecule has 0 saturated carbocycles. The largest absolute Gasteiger partial charge is 0.304 e. The first kappa shape index (κ1) is 15.2. The first-order valence-electron chi connectivity index (χ1n) is 6.21. The quantitative estimate of drug-likeness (QED) is 0.753. The third-order valence-corrected chi connectivity index (χ3v) is 5.02. The van der Waals surface area contributed by atoms with E-state index in [1.54, 1.807) is 11.3 Å². The average Bonchev–Trinajstić information content (AvgIpc) is 2.78. The van der Waals surface area contributed by atoms with E-state index in [4.69, 9.17) is 0 Å². The highest BCUT2D eigenvalue weighted by molar-refractivity contribution is 9.11. The maximum absolute atomic E-state index is 4.58. The van der Waals surface area contributed by atoms with Crippen LogP contribution in [0.3, 0.4) is 0 Å². The minimum absolute atomic E-state index is 0.155. The highest BCUT2D eigenvalue weighted by Gasteiger charge is 2.20. The highest BCUT2D eigenvalue weighted by Crippen LogP contribution is 2.33. The smallest absolute Gasteiger partial charge is 0.0859 e. The van der Waals surface area contributed by atoms with Crippen molar-refractivity contribution in [3.05, 3.63) is 48.8 Å². The van der Waals surface area contributed by atoms with Gasteiger partial charge in [0.15, 0.2) is 0 Å². The van der Waals surface area contributed by atoms with E-state index in [-0.39, 0.29) is 6.04 Å². The van der Waals surface area contributed by atoms with Gasteiger partial charge in [0.2, 0.25) is 0 Å². The van der Waals surface area contributed by atoms with Crippen molar-refractivity contribution in [2.45, 2.75) is 26.3 Å². The van der Waals surface area contributed by atoms with Gasteiger partial charge >= 0.3 is 0 Å². The van der Waals surface area contributed by atoms with E-state index >= 15 is 0 Å². The molecule has 0 spiro atoms. The number of nitrogens with one attached hydrogen (secondary N) is 1. The number of aryl methyl sites for hydroxylation is 1. The molecule has 2 aromatic heterocycles. The Hall–Kier alpha value is -0.230. The summed E-state index contributed by atoms with van der Waals surface area (Å²) in [6.45, 7) is 5.31. The van der Waals surface area contributed by atoms with E-state index < -0.39 is 0 Å². The summed E-state index contributed by atoms with van der Waals surface area (Å²) in [5.74, 6) is 0. The average molecular weight is 404 g/mol. The monoisotopic (exact) mass is 402 g/mol. The fraction of sp³-hybridized carbons (Fsp3) is 0.357. The lowest BCUT2D eigenvalue weighted by molar-refractivity contribution is 0.589. The predicted molar refractivity (Wildman–Crippen MR) is 88.8 cm³/mol. The molecule has 5 heteroatoms. The molecular weight excluding hydrogens is 388 g/mol. The Morgan fingerprint density at radius 3 is 2.79 bits per heavy atom. The molecule has 0 aliphatic rings. The number of halogens is 2. The summed E-state index contributed by atoms with van der Waals surface area (Å²) in [6, 6.07) is 4.36. The van der Waals surface area contributed by atoms with Crippen molar-refractivity contribution in [1.29, 1.82) is 0 Å². The minimum Gasteiger partial charge on any atom is -0.304 e. The van der Waals surface area contributed by atoms with Crippen molar-refractivity contribution in [3.8, 4) is 0 Å². The van der Waals surface area contributed by atoms with Gasteiger partial charge in [-0.2, -0.15) is 0 Å². The lowest BCUT2D eigenvalue weighted by Gasteiger charge is -2.19. The molecule has 1 atom stereocenters. The SMILES string of the molecule is CCCNC(c1ncc(Br)cc1Br)c1sccc1C. The van der Waals surface area contributed by atoms with Crippen LogP contribution in [0.15, 0.2) is 32.7 Å². The number of hydrogen-bond acceptors (Lipinski definition) is 3. The standard InChI is InChI=1S/C14H16Br2N2S/c1-3-5-17-13(14-9(2)4-6-19-14)12-11(16)7-10(15)8-18-12/h4,6-8,13,17H,3,5H2,1-2H3. The van der Waals surface area contributed by atoms with E-state index in [9.17, 15) is 0 Å². The highest BCUT2D eigenvalue weighted by atomic mass is 79.9. The molecule has 0 aliphatic carbocycles. The Bertz CT molecular complexity index is 554. The molecule has 0 aliphatic heterocycles. The summed E-state index contributed by atoms with van der Waals surface area (Å²) in [5.41, 5.74) is 2.36. The van der Waals surface area contributed by atoms with Crippen molar-refractivity contribution >= 4 is 43.2 Å². The Morgan fingerprint density at radius 2 is 2.21 bits per heavy atom. The van der Waals surface area contributed by atoms with Crippen molar-refractivity contribution in [3.63, 3.8) is 0 Å². The molecule has 2 rings (SSSR count). The van der Waals surface area contributed by atoms with E-state index in [2.05, 4.69) is 67.5 Å². The predicted octanol–water partition coefficient (Wildman–Crippen LogP) is 5.07. The first-order chi connectivity index (χ1) is 9.13. The summed E-state index contributed by atoms with van der Waals surface area (Å²) in [5, 5.41) is 5.73. The second-order valence-electron chi connectivity index (χ2n) is 4.38. The van der Waals surface area contributed by atoms with Crippen LogP contribution in [0.4, 0.5) is 0 Å². The van der Waals surface area contributed by atoms with Crippen LogP contribution in [0.5, 0.6) is 0 Å². The topological polar surface area (TPSA) is 24.9 Å². The Morgan fingerprint density at radius 1 is 1.42 bits per heavy atom. The summed E-state index contributed by atoms with van der Waals surface area (Å²) >= 11 is 8.85. The molecule has 19 heavy (non-hydrogen) atoms. The second kappa shape index (κ2) is 6.97. The van der Waals surface area contributed by atoms with E-state index in [0.717, 1.165) is 27.6 Å². The fourth-order valence-corrected chi connectivity index (χ4v) is 4.14. The zero-order valence-electron chi connectivity index (χ0n) is 10.9. The van der Waals surface area contributed by atoms with Gasteiger partial charge in [0, 0.05) is 20.0 Å². The maximum Gasteiger partial charge on any atom is 0.0859 e. The zero-order chi connectivity index (χ0) is 13.8. The van der Waals surface area contributed by atoms with Gasteiger partial charge in [-0.25, -0.2) is 0 Å². The van der Waals surface area contributed by atoms with Crippen molar-refractivity contribution in [2.75, 3.05) is 6.54 Å². The molecule has 0 amide bonds. The molecule has 1 unspecified atom stereocenters. The van der Waals surface area contributed by atoms with Crippen LogP contribution in [0.25, 0.3) is 0 Å². The van der Waals surface area contributed by atoms with Crippen molar-refractivity contribution in [1.82, 2.24) is 10.3 Å². The first-order valence-corrected chi connectivity index (χ1v) is 8.68. The van der Waals surface area contributed by atoms with Gasteiger partial charge in [-0.15, -0.1) is 11.3 Å². The zero-order valence-corrected chi connectivity index (χ0v) is 14.9. The molecule has 2 aromatic rings. The van der Waals surface area contributed by atoms with Crippen LogP contribution in [0.2, 0.25) is 0 Å². The van der Waals surface area contributed by atoms with E-state index in [0.29, 0.717) is 0 Å². The van der Waals surface area contributed by atoms with Gasteiger partial charge in [0.05, 0.1) is 11.7 Å². The van der Waals surface area contributed by atoms with Crippen LogP contribution in [0, 0.1) is 6.92 Å². The van der Waals surface area contributed by atoms with Crippen LogP contribution in [-0.2, 0) is 0 Å². The number of nitrogens with zero attached hydrogens (tertiary/aromatic N) is 1. The number of rotatable bonds is 5. The molecule has 0 saturated heterocycles. The molecule has 1 N–H and O–H groups in total. The van der Waals surface area contributed by atoms with Gasteiger partial charge in [0.1, 0.15) is 0 Å². The van der Waals surface area contributed by atoms with Gasteiger partial charge in [-0.1, -0.05) is 6.92 Å². The molecule has 102 valence electrons.